The van der Waals surface area contributed by atoms with Crippen LogP contribution in [0.3, 0.4) is 0 Å². The molecule has 2 amide bonds. The van der Waals surface area contributed by atoms with Crippen LogP contribution in [0.15, 0.2) is 48.5 Å². The SMILES string of the molecule is CC(C)CN(Cc1ccc(F)cc1)C1CC(C(=O)N2CCCNCC2)N(C(=O)c2ccc(F)cc2)C1. The number of nitrogens with one attached hydrogen (secondary N) is 1. The summed E-state index contributed by atoms with van der Waals surface area (Å²) in [6, 6.07) is 11.4. The highest BCUT2D eigenvalue weighted by molar-refractivity contribution is 5.98. The summed E-state index contributed by atoms with van der Waals surface area (Å²) in [5, 5.41) is 3.32. The Kier molecular flexibility index (Phi) is 8.69. The molecule has 8 heteroatoms. The molecule has 2 atom stereocenters. The van der Waals surface area contributed by atoms with Crippen LogP contribution in [0, 0.1) is 17.6 Å². The summed E-state index contributed by atoms with van der Waals surface area (Å²) >= 11 is 0. The molecule has 6 nitrogen and oxygen atoms in total. The van der Waals surface area contributed by atoms with Crippen molar-refractivity contribution in [1.29, 1.82) is 0 Å². The maximum absolute atomic E-state index is 13.7. The number of carbonyl (C=O) groups excluding carboxylic acids is 2. The van der Waals surface area contributed by atoms with Crippen LogP contribution in [-0.4, -0.2) is 77.9 Å². The molecular weight excluding hydrogens is 462 g/mol. The molecule has 2 aromatic rings. The Labute approximate surface area is 212 Å². The summed E-state index contributed by atoms with van der Waals surface area (Å²) in [5.41, 5.74) is 1.36. The second-order valence-corrected chi connectivity index (χ2v) is 10.2. The Balaban J connectivity index is 1.60. The van der Waals surface area contributed by atoms with Crippen molar-refractivity contribution in [1.82, 2.24) is 20.0 Å². The van der Waals surface area contributed by atoms with Gasteiger partial charge in [0.2, 0.25) is 5.91 Å². The molecule has 0 radical (unpaired) electrons. The van der Waals surface area contributed by atoms with Gasteiger partial charge < -0.3 is 15.1 Å². The van der Waals surface area contributed by atoms with E-state index in [0.29, 0.717) is 44.1 Å². The van der Waals surface area contributed by atoms with Crippen LogP contribution in [0.5, 0.6) is 0 Å². The normalized spacial score (nSPS) is 20.7. The molecule has 0 spiro atoms. The number of hydrogen-bond donors (Lipinski definition) is 1. The van der Waals surface area contributed by atoms with Gasteiger partial charge >= 0.3 is 0 Å². The molecule has 0 aliphatic carbocycles. The van der Waals surface area contributed by atoms with Crippen molar-refractivity contribution in [3.05, 3.63) is 71.3 Å². The first-order valence-electron chi connectivity index (χ1n) is 12.9. The Morgan fingerprint density at radius 3 is 2.33 bits per heavy atom. The van der Waals surface area contributed by atoms with Gasteiger partial charge in [0, 0.05) is 50.9 Å². The summed E-state index contributed by atoms with van der Waals surface area (Å²) in [6.07, 6.45) is 1.40. The van der Waals surface area contributed by atoms with Crippen LogP contribution in [0.4, 0.5) is 8.78 Å². The first kappa shape index (κ1) is 26.2. The van der Waals surface area contributed by atoms with Crippen molar-refractivity contribution >= 4 is 11.8 Å². The third-order valence-electron chi connectivity index (χ3n) is 6.98. The smallest absolute Gasteiger partial charge is 0.254 e. The summed E-state index contributed by atoms with van der Waals surface area (Å²) < 4.78 is 27.0. The minimum absolute atomic E-state index is 0.0251. The maximum Gasteiger partial charge on any atom is 0.254 e. The minimum atomic E-state index is -0.575. The van der Waals surface area contributed by atoms with E-state index >= 15 is 0 Å². The molecule has 2 aliphatic heterocycles. The highest BCUT2D eigenvalue weighted by Crippen LogP contribution is 2.28. The lowest BCUT2D eigenvalue weighted by Crippen LogP contribution is -2.48. The average Bonchev–Trinajstić information content (AvgIpc) is 3.12. The number of rotatable bonds is 7. The van der Waals surface area contributed by atoms with E-state index in [-0.39, 0.29) is 23.7 Å². The fourth-order valence-electron chi connectivity index (χ4n) is 5.21. The fraction of sp³-hybridized carbons (Fsp3) is 0.500. The summed E-state index contributed by atoms with van der Waals surface area (Å²) in [6.45, 7) is 8.97. The summed E-state index contributed by atoms with van der Waals surface area (Å²) in [7, 11) is 0. The van der Waals surface area contributed by atoms with Gasteiger partial charge in [0.05, 0.1) is 0 Å². The molecule has 2 unspecified atom stereocenters. The fourth-order valence-corrected chi connectivity index (χ4v) is 5.21. The molecule has 2 saturated heterocycles. The maximum atomic E-state index is 13.7. The molecule has 0 aromatic heterocycles. The summed E-state index contributed by atoms with van der Waals surface area (Å²) in [4.78, 5) is 33.1. The molecule has 36 heavy (non-hydrogen) atoms. The highest BCUT2D eigenvalue weighted by Gasteiger charge is 2.43. The number of amides is 2. The van der Waals surface area contributed by atoms with Crippen LogP contribution in [-0.2, 0) is 11.3 Å². The van der Waals surface area contributed by atoms with Crippen molar-refractivity contribution < 1.29 is 18.4 Å². The number of halogens is 2. The zero-order chi connectivity index (χ0) is 25.7. The third kappa shape index (κ3) is 6.48. The van der Waals surface area contributed by atoms with Gasteiger partial charge in [0.15, 0.2) is 0 Å². The van der Waals surface area contributed by atoms with Crippen LogP contribution in [0.1, 0.15) is 42.6 Å². The molecule has 0 saturated carbocycles. The Morgan fingerprint density at radius 2 is 1.67 bits per heavy atom. The molecule has 1 N–H and O–H groups in total. The van der Waals surface area contributed by atoms with Crippen LogP contribution in [0.2, 0.25) is 0 Å². The number of nitrogens with zero attached hydrogens (tertiary/aromatic N) is 3. The van der Waals surface area contributed by atoms with Gasteiger partial charge in [0.1, 0.15) is 17.7 Å². The van der Waals surface area contributed by atoms with E-state index in [1.165, 1.54) is 36.4 Å². The average molecular weight is 499 g/mol. The van der Waals surface area contributed by atoms with Crippen molar-refractivity contribution in [2.75, 3.05) is 39.3 Å². The van der Waals surface area contributed by atoms with E-state index in [9.17, 15) is 18.4 Å². The topological polar surface area (TPSA) is 55.9 Å². The number of benzene rings is 2. The van der Waals surface area contributed by atoms with Crippen molar-refractivity contribution in [2.45, 2.75) is 45.3 Å². The van der Waals surface area contributed by atoms with Gasteiger partial charge in [-0.15, -0.1) is 0 Å². The largest absolute Gasteiger partial charge is 0.340 e. The number of carbonyl (C=O) groups is 2. The van der Waals surface area contributed by atoms with Crippen LogP contribution < -0.4 is 5.32 Å². The molecule has 194 valence electrons. The first-order valence-corrected chi connectivity index (χ1v) is 12.9. The van der Waals surface area contributed by atoms with E-state index in [4.69, 9.17) is 0 Å². The standard InChI is InChI=1S/C28H36F2N4O2/c1-20(2)17-33(18-21-4-8-23(29)9-5-21)25-16-26(28(36)32-14-3-12-31-13-15-32)34(19-25)27(35)22-6-10-24(30)11-7-22/h4-11,20,25-26,31H,3,12-19H2,1-2H3. The van der Waals surface area contributed by atoms with Crippen molar-refractivity contribution in [3.63, 3.8) is 0 Å². The van der Waals surface area contributed by atoms with Gasteiger partial charge in [-0.05, 0) is 67.3 Å². The molecule has 2 aromatic carbocycles. The minimum Gasteiger partial charge on any atom is -0.340 e. The van der Waals surface area contributed by atoms with Crippen LogP contribution in [0.25, 0.3) is 0 Å². The van der Waals surface area contributed by atoms with Gasteiger partial charge in [-0.25, -0.2) is 8.78 Å². The second kappa shape index (κ2) is 11.9. The highest BCUT2D eigenvalue weighted by atomic mass is 19.1. The predicted molar refractivity (Wildman–Crippen MR) is 135 cm³/mol. The summed E-state index contributed by atoms with van der Waals surface area (Å²) in [5.74, 6) is -0.585. The number of hydrogen-bond acceptors (Lipinski definition) is 4. The Hall–Kier alpha value is -2.84. The number of likely N-dealkylation sites (tertiary alicyclic amines) is 1. The third-order valence-corrected chi connectivity index (χ3v) is 6.98. The van der Waals surface area contributed by atoms with Crippen molar-refractivity contribution in [2.24, 2.45) is 5.92 Å². The van der Waals surface area contributed by atoms with E-state index in [1.807, 2.05) is 4.90 Å². The second-order valence-electron chi connectivity index (χ2n) is 10.2. The quantitative estimate of drug-likeness (QED) is 0.635. The van der Waals surface area contributed by atoms with E-state index in [2.05, 4.69) is 24.1 Å². The molecule has 2 heterocycles. The van der Waals surface area contributed by atoms with Gasteiger partial charge in [-0.3, -0.25) is 14.5 Å². The van der Waals surface area contributed by atoms with Crippen LogP contribution >= 0.6 is 0 Å². The Morgan fingerprint density at radius 1 is 1.00 bits per heavy atom. The lowest BCUT2D eigenvalue weighted by Gasteiger charge is -2.30. The molecular formula is C28H36F2N4O2. The zero-order valence-corrected chi connectivity index (χ0v) is 21.1. The lowest BCUT2D eigenvalue weighted by atomic mass is 10.1. The molecule has 2 fully saturated rings. The first-order chi connectivity index (χ1) is 17.3. The van der Waals surface area contributed by atoms with Gasteiger partial charge in [-0.2, -0.15) is 0 Å². The van der Waals surface area contributed by atoms with Gasteiger partial charge in [0.25, 0.3) is 5.91 Å². The Bertz CT molecular complexity index is 1020. The predicted octanol–water partition coefficient (Wildman–Crippen LogP) is 3.53. The zero-order valence-electron chi connectivity index (χ0n) is 21.1. The van der Waals surface area contributed by atoms with E-state index in [0.717, 1.165) is 31.6 Å². The monoisotopic (exact) mass is 498 g/mol. The molecule has 2 aliphatic rings. The van der Waals surface area contributed by atoms with Gasteiger partial charge in [-0.1, -0.05) is 26.0 Å². The van der Waals surface area contributed by atoms with E-state index < -0.39 is 11.9 Å². The molecule has 4 rings (SSSR count). The van der Waals surface area contributed by atoms with E-state index in [1.54, 1.807) is 17.0 Å². The lowest BCUT2D eigenvalue weighted by molar-refractivity contribution is -0.135. The van der Waals surface area contributed by atoms with Crippen molar-refractivity contribution in [3.8, 4) is 0 Å². The molecule has 0 bridgehead atoms.